The van der Waals surface area contributed by atoms with Crippen LogP contribution in [0.5, 0.6) is 5.75 Å². The molecule has 0 bridgehead atoms. The standard InChI is InChI=1S/C19H19NO4/c1-11-9-12(2)16(10-15(11)19(22)23)20-18(21)14-7-8-24-17-6-4-3-5-13(14)17/h3-6,9-10,14H,7-8H2,1-2H3,(H,20,21)(H,22,23). The van der Waals surface area contributed by atoms with Crippen LogP contribution in [0.25, 0.3) is 0 Å². The average molecular weight is 325 g/mol. The molecule has 0 fully saturated rings. The normalized spacial score (nSPS) is 16.0. The molecule has 2 aromatic carbocycles. The number of carbonyl (C=O) groups excluding carboxylic acids is 1. The fraction of sp³-hybridized carbons (Fsp3) is 0.263. The van der Waals surface area contributed by atoms with Gasteiger partial charge >= 0.3 is 5.97 Å². The Morgan fingerprint density at radius 3 is 2.67 bits per heavy atom. The van der Waals surface area contributed by atoms with Crippen LogP contribution in [0.2, 0.25) is 0 Å². The van der Waals surface area contributed by atoms with Gasteiger partial charge < -0.3 is 15.2 Å². The number of aryl methyl sites for hydroxylation is 2. The quantitative estimate of drug-likeness (QED) is 0.905. The summed E-state index contributed by atoms with van der Waals surface area (Å²) in [4.78, 5) is 24.0. The highest BCUT2D eigenvalue weighted by Gasteiger charge is 2.28. The summed E-state index contributed by atoms with van der Waals surface area (Å²) in [5, 5.41) is 12.2. The lowest BCUT2D eigenvalue weighted by atomic mass is 9.92. The largest absolute Gasteiger partial charge is 0.493 e. The van der Waals surface area contributed by atoms with Crippen molar-refractivity contribution in [2.24, 2.45) is 0 Å². The second-order valence-electron chi connectivity index (χ2n) is 6.00. The zero-order chi connectivity index (χ0) is 17.3. The third-order valence-corrected chi connectivity index (χ3v) is 4.33. The van der Waals surface area contributed by atoms with Crippen molar-refractivity contribution < 1.29 is 19.4 Å². The van der Waals surface area contributed by atoms with Crippen LogP contribution in [0.4, 0.5) is 5.69 Å². The number of fused-ring (bicyclic) bond motifs is 1. The number of hydrogen-bond acceptors (Lipinski definition) is 3. The molecule has 0 aliphatic carbocycles. The molecule has 5 heteroatoms. The molecule has 1 heterocycles. The molecular formula is C19H19NO4. The molecule has 0 radical (unpaired) electrons. The van der Waals surface area contributed by atoms with Crippen molar-refractivity contribution in [3.05, 3.63) is 58.7 Å². The number of aromatic carboxylic acids is 1. The van der Waals surface area contributed by atoms with Gasteiger partial charge in [-0.3, -0.25) is 4.79 Å². The minimum Gasteiger partial charge on any atom is -0.493 e. The first-order valence-corrected chi connectivity index (χ1v) is 7.84. The van der Waals surface area contributed by atoms with E-state index in [1.54, 1.807) is 13.0 Å². The third kappa shape index (κ3) is 2.97. The second kappa shape index (κ2) is 6.35. The van der Waals surface area contributed by atoms with Gasteiger partial charge in [-0.25, -0.2) is 4.79 Å². The van der Waals surface area contributed by atoms with Crippen molar-refractivity contribution >= 4 is 17.6 Å². The maximum Gasteiger partial charge on any atom is 0.336 e. The Bertz CT molecular complexity index is 813. The van der Waals surface area contributed by atoms with Crippen LogP contribution in [0.15, 0.2) is 36.4 Å². The molecule has 0 spiro atoms. The first-order valence-electron chi connectivity index (χ1n) is 7.84. The van der Waals surface area contributed by atoms with Crippen molar-refractivity contribution in [1.82, 2.24) is 0 Å². The number of amides is 1. The Balaban J connectivity index is 1.89. The summed E-state index contributed by atoms with van der Waals surface area (Å²) < 4.78 is 5.59. The SMILES string of the molecule is Cc1cc(C)c(C(=O)O)cc1NC(=O)C1CCOc2ccccc21. The Morgan fingerprint density at radius 2 is 1.92 bits per heavy atom. The van der Waals surface area contributed by atoms with E-state index in [-0.39, 0.29) is 17.4 Å². The molecule has 1 unspecified atom stereocenters. The molecule has 0 saturated heterocycles. The predicted molar refractivity (Wildman–Crippen MR) is 90.8 cm³/mol. The fourth-order valence-corrected chi connectivity index (χ4v) is 3.05. The molecule has 3 rings (SSSR count). The maximum atomic E-state index is 12.7. The molecule has 1 atom stereocenters. The molecule has 24 heavy (non-hydrogen) atoms. The molecule has 2 N–H and O–H groups in total. The van der Waals surface area contributed by atoms with Gasteiger partial charge in [0.25, 0.3) is 0 Å². The number of carboxylic acid groups (broad SMARTS) is 1. The number of ether oxygens (including phenoxy) is 1. The molecule has 5 nitrogen and oxygen atoms in total. The van der Waals surface area contributed by atoms with Gasteiger partial charge in [0, 0.05) is 11.3 Å². The average Bonchev–Trinajstić information content (AvgIpc) is 2.56. The van der Waals surface area contributed by atoms with Gasteiger partial charge in [0.2, 0.25) is 5.91 Å². The van der Waals surface area contributed by atoms with Gasteiger partial charge in [-0.15, -0.1) is 0 Å². The minimum atomic E-state index is -1.00. The molecule has 2 aromatic rings. The zero-order valence-electron chi connectivity index (χ0n) is 13.6. The van der Waals surface area contributed by atoms with Crippen LogP contribution >= 0.6 is 0 Å². The van der Waals surface area contributed by atoms with Gasteiger partial charge in [-0.2, -0.15) is 0 Å². The van der Waals surface area contributed by atoms with E-state index < -0.39 is 5.97 Å². The number of benzene rings is 2. The van der Waals surface area contributed by atoms with E-state index in [4.69, 9.17) is 4.74 Å². The lowest BCUT2D eigenvalue weighted by Crippen LogP contribution is -2.26. The van der Waals surface area contributed by atoms with E-state index in [0.29, 0.717) is 24.3 Å². The molecule has 0 saturated carbocycles. The van der Waals surface area contributed by atoms with Crippen molar-refractivity contribution in [3.63, 3.8) is 0 Å². The van der Waals surface area contributed by atoms with Crippen LogP contribution in [-0.4, -0.2) is 23.6 Å². The fourth-order valence-electron chi connectivity index (χ4n) is 3.05. The molecule has 0 aromatic heterocycles. The highest BCUT2D eigenvalue weighted by molar-refractivity contribution is 5.99. The number of nitrogens with one attached hydrogen (secondary N) is 1. The Morgan fingerprint density at radius 1 is 1.17 bits per heavy atom. The minimum absolute atomic E-state index is 0.144. The number of carbonyl (C=O) groups is 2. The Kier molecular flexibility index (Phi) is 4.25. The lowest BCUT2D eigenvalue weighted by molar-refractivity contribution is -0.118. The number of carboxylic acids is 1. The monoisotopic (exact) mass is 325 g/mol. The van der Waals surface area contributed by atoms with E-state index in [1.165, 1.54) is 6.07 Å². The molecule has 1 aliphatic rings. The van der Waals surface area contributed by atoms with Crippen LogP contribution in [0.3, 0.4) is 0 Å². The van der Waals surface area contributed by atoms with Gasteiger partial charge in [0.15, 0.2) is 0 Å². The number of hydrogen-bond donors (Lipinski definition) is 2. The Hall–Kier alpha value is -2.82. The van der Waals surface area contributed by atoms with E-state index in [9.17, 15) is 14.7 Å². The summed E-state index contributed by atoms with van der Waals surface area (Å²) in [6.45, 7) is 4.09. The summed E-state index contributed by atoms with van der Waals surface area (Å²) in [6.07, 6.45) is 0.597. The molecule has 124 valence electrons. The molecule has 1 amide bonds. The number of para-hydroxylation sites is 1. The van der Waals surface area contributed by atoms with Crippen LogP contribution in [0, 0.1) is 13.8 Å². The van der Waals surface area contributed by atoms with Crippen LogP contribution in [0.1, 0.15) is 39.4 Å². The summed E-state index contributed by atoms with van der Waals surface area (Å²) >= 11 is 0. The zero-order valence-corrected chi connectivity index (χ0v) is 13.6. The molecule has 1 aliphatic heterocycles. The second-order valence-corrected chi connectivity index (χ2v) is 6.00. The van der Waals surface area contributed by atoms with Crippen molar-refractivity contribution in [3.8, 4) is 5.75 Å². The van der Waals surface area contributed by atoms with Gasteiger partial charge in [-0.05, 0) is 43.5 Å². The topological polar surface area (TPSA) is 75.6 Å². The molecular weight excluding hydrogens is 306 g/mol. The van der Waals surface area contributed by atoms with E-state index >= 15 is 0 Å². The summed E-state index contributed by atoms with van der Waals surface area (Å²) in [5.74, 6) is -0.715. The van der Waals surface area contributed by atoms with Gasteiger partial charge in [-0.1, -0.05) is 24.3 Å². The summed E-state index contributed by atoms with van der Waals surface area (Å²) in [6, 6.07) is 10.8. The maximum absolute atomic E-state index is 12.7. The predicted octanol–water partition coefficient (Wildman–Crippen LogP) is 3.51. The van der Waals surface area contributed by atoms with E-state index in [0.717, 1.165) is 16.9 Å². The van der Waals surface area contributed by atoms with Crippen LogP contribution in [-0.2, 0) is 4.79 Å². The lowest BCUT2D eigenvalue weighted by Gasteiger charge is -2.25. The van der Waals surface area contributed by atoms with E-state index in [2.05, 4.69) is 5.32 Å². The highest BCUT2D eigenvalue weighted by Crippen LogP contribution is 2.34. The van der Waals surface area contributed by atoms with Crippen molar-refractivity contribution in [2.45, 2.75) is 26.2 Å². The van der Waals surface area contributed by atoms with Crippen molar-refractivity contribution in [1.29, 1.82) is 0 Å². The van der Waals surface area contributed by atoms with Crippen molar-refractivity contribution in [2.75, 3.05) is 11.9 Å². The van der Waals surface area contributed by atoms with Gasteiger partial charge in [0.05, 0.1) is 18.1 Å². The smallest absolute Gasteiger partial charge is 0.336 e. The highest BCUT2D eigenvalue weighted by atomic mass is 16.5. The number of rotatable bonds is 3. The first kappa shape index (κ1) is 16.1. The first-order chi connectivity index (χ1) is 11.5. The Labute approximate surface area is 140 Å². The summed E-state index contributed by atoms with van der Waals surface area (Å²) in [7, 11) is 0. The van der Waals surface area contributed by atoms with E-state index in [1.807, 2.05) is 31.2 Å². The van der Waals surface area contributed by atoms with Gasteiger partial charge in [0.1, 0.15) is 5.75 Å². The van der Waals surface area contributed by atoms with Crippen LogP contribution < -0.4 is 10.1 Å². The third-order valence-electron chi connectivity index (χ3n) is 4.33. The number of anilines is 1. The summed E-state index contributed by atoms with van der Waals surface area (Å²) in [5.41, 5.74) is 3.11.